The van der Waals surface area contributed by atoms with Crippen molar-refractivity contribution in [3.05, 3.63) is 34.9 Å². The van der Waals surface area contributed by atoms with E-state index < -0.39 is 0 Å². The molecule has 2 aliphatic rings. The van der Waals surface area contributed by atoms with E-state index in [-0.39, 0.29) is 18.3 Å². The van der Waals surface area contributed by atoms with Gasteiger partial charge in [-0.05, 0) is 49.2 Å². The molecule has 1 aromatic rings. The lowest BCUT2D eigenvalue weighted by molar-refractivity contribution is 0.0703. The number of ether oxygens (including phenoxy) is 1. The number of nitrogens with zero attached hydrogens (tertiary/aromatic N) is 1. The maximum atomic E-state index is 12.5. The first-order valence-corrected chi connectivity index (χ1v) is 6.93. The summed E-state index contributed by atoms with van der Waals surface area (Å²) in [6.07, 6.45) is 2.08. The van der Waals surface area contributed by atoms with Gasteiger partial charge >= 0.3 is 0 Å². The van der Waals surface area contributed by atoms with Gasteiger partial charge in [-0.3, -0.25) is 4.79 Å². The fraction of sp³-hybridized carbons (Fsp3) is 0.533. The predicted octanol–water partition coefficient (Wildman–Crippen LogP) is 1.96. The molecular formula is C15H21ClN2O2. The first-order valence-electron chi connectivity index (χ1n) is 6.93. The molecule has 2 aliphatic heterocycles. The van der Waals surface area contributed by atoms with E-state index in [2.05, 4.69) is 5.32 Å². The zero-order valence-electron chi connectivity index (χ0n) is 11.7. The summed E-state index contributed by atoms with van der Waals surface area (Å²) < 4.78 is 5.39. The van der Waals surface area contributed by atoms with Crippen LogP contribution in [0, 0.1) is 0 Å². The first-order chi connectivity index (χ1) is 9.25. The molecule has 0 aromatic heterocycles. The molecule has 4 nitrogen and oxygen atoms in total. The number of fused-ring (bicyclic) bond motifs is 1. The Kier molecular flexibility index (Phi) is 5.02. The molecule has 0 bridgehead atoms. The van der Waals surface area contributed by atoms with Gasteiger partial charge in [0.05, 0.1) is 13.2 Å². The van der Waals surface area contributed by atoms with Crippen LogP contribution in [0.4, 0.5) is 0 Å². The number of hydrogen-bond donors (Lipinski definition) is 1. The Labute approximate surface area is 125 Å². The van der Waals surface area contributed by atoms with Crippen molar-refractivity contribution in [1.29, 1.82) is 0 Å². The number of halogens is 1. The van der Waals surface area contributed by atoms with Gasteiger partial charge in [-0.2, -0.15) is 0 Å². The number of hydrogen-bond acceptors (Lipinski definition) is 3. The quantitative estimate of drug-likeness (QED) is 0.907. The Morgan fingerprint density at radius 1 is 1.25 bits per heavy atom. The van der Waals surface area contributed by atoms with Crippen LogP contribution in [0.1, 0.15) is 34.3 Å². The van der Waals surface area contributed by atoms with Crippen molar-refractivity contribution in [2.75, 3.05) is 20.1 Å². The lowest BCUT2D eigenvalue weighted by atomic mass is 10.0. The Hall–Kier alpha value is -1.10. The maximum Gasteiger partial charge on any atom is 0.253 e. The van der Waals surface area contributed by atoms with Crippen molar-refractivity contribution in [3.8, 4) is 0 Å². The van der Waals surface area contributed by atoms with E-state index in [9.17, 15) is 4.79 Å². The van der Waals surface area contributed by atoms with Crippen LogP contribution in [0.2, 0.25) is 0 Å². The van der Waals surface area contributed by atoms with Crippen molar-refractivity contribution in [3.63, 3.8) is 0 Å². The van der Waals surface area contributed by atoms with Gasteiger partial charge in [0.2, 0.25) is 0 Å². The summed E-state index contributed by atoms with van der Waals surface area (Å²) in [7, 11) is 1.92. The summed E-state index contributed by atoms with van der Waals surface area (Å²) in [4.78, 5) is 14.4. The van der Waals surface area contributed by atoms with E-state index in [4.69, 9.17) is 4.74 Å². The molecule has 20 heavy (non-hydrogen) atoms. The van der Waals surface area contributed by atoms with E-state index in [0.29, 0.717) is 19.3 Å². The Balaban J connectivity index is 0.00000147. The fourth-order valence-electron chi connectivity index (χ4n) is 2.87. The molecule has 2 heterocycles. The van der Waals surface area contributed by atoms with Gasteiger partial charge < -0.3 is 15.0 Å². The summed E-state index contributed by atoms with van der Waals surface area (Å²) in [5, 5.41) is 3.33. The standard InChI is InChI=1S/C15H20N2O2.ClH/c1-17(14-4-6-16-7-5-14)15(18)11-2-3-12-9-19-10-13(12)8-11;/h2-3,8,14,16H,4-7,9-10H2,1H3;1H. The van der Waals surface area contributed by atoms with Crippen LogP contribution in [0.25, 0.3) is 0 Å². The van der Waals surface area contributed by atoms with Crippen LogP contribution in [0.15, 0.2) is 18.2 Å². The molecule has 0 spiro atoms. The molecule has 5 heteroatoms. The molecule has 0 saturated carbocycles. The second-order valence-corrected chi connectivity index (χ2v) is 5.37. The summed E-state index contributed by atoms with van der Waals surface area (Å²) in [6, 6.07) is 6.29. The Morgan fingerprint density at radius 2 is 1.95 bits per heavy atom. The van der Waals surface area contributed by atoms with E-state index >= 15 is 0 Å². The number of carbonyl (C=O) groups is 1. The van der Waals surface area contributed by atoms with E-state index in [1.165, 1.54) is 5.56 Å². The van der Waals surface area contributed by atoms with Gasteiger partial charge in [0.1, 0.15) is 0 Å². The van der Waals surface area contributed by atoms with Gasteiger partial charge in [-0.25, -0.2) is 0 Å². The van der Waals surface area contributed by atoms with Crippen LogP contribution in [-0.4, -0.2) is 37.0 Å². The number of amides is 1. The molecule has 110 valence electrons. The molecule has 1 saturated heterocycles. The van der Waals surface area contributed by atoms with Gasteiger partial charge in [0.15, 0.2) is 0 Å². The molecule has 3 rings (SSSR count). The van der Waals surface area contributed by atoms with E-state index in [0.717, 1.165) is 37.1 Å². The minimum atomic E-state index is 0. The van der Waals surface area contributed by atoms with Crippen molar-refractivity contribution in [2.24, 2.45) is 0 Å². The highest BCUT2D eigenvalue weighted by molar-refractivity contribution is 5.94. The highest BCUT2D eigenvalue weighted by Crippen LogP contribution is 2.22. The monoisotopic (exact) mass is 296 g/mol. The molecule has 0 unspecified atom stereocenters. The van der Waals surface area contributed by atoms with Gasteiger partial charge in [0.25, 0.3) is 5.91 Å². The number of piperidine rings is 1. The Bertz CT molecular complexity index is 487. The molecular weight excluding hydrogens is 276 g/mol. The van der Waals surface area contributed by atoms with Gasteiger partial charge in [-0.15, -0.1) is 12.4 Å². The lowest BCUT2D eigenvalue weighted by Crippen LogP contribution is -2.43. The molecule has 1 aromatic carbocycles. The predicted molar refractivity (Wildman–Crippen MR) is 80.2 cm³/mol. The van der Waals surface area contributed by atoms with Gasteiger partial charge in [-0.1, -0.05) is 6.07 Å². The Morgan fingerprint density at radius 3 is 2.70 bits per heavy atom. The minimum Gasteiger partial charge on any atom is -0.372 e. The molecule has 1 amide bonds. The van der Waals surface area contributed by atoms with Crippen molar-refractivity contribution in [1.82, 2.24) is 10.2 Å². The number of rotatable bonds is 2. The van der Waals surface area contributed by atoms with Crippen LogP contribution in [0.5, 0.6) is 0 Å². The highest BCUT2D eigenvalue weighted by atomic mass is 35.5. The van der Waals surface area contributed by atoms with Crippen molar-refractivity contribution >= 4 is 18.3 Å². The number of nitrogens with one attached hydrogen (secondary N) is 1. The third-order valence-electron chi connectivity index (χ3n) is 4.15. The summed E-state index contributed by atoms with van der Waals surface area (Å²) in [5.74, 6) is 0.126. The van der Waals surface area contributed by atoms with Crippen molar-refractivity contribution in [2.45, 2.75) is 32.1 Å². The third kappa shape index (κ3) is 2.97. The first kappa shape index (κ1) is 15.3. The molecule has 0 atom stereocenters. The molecule has 1 fully saturated rings. The number of benzene rings is 1. The summed E-state index contributed by atoms with van der Waals surface area (Å²) in [6.45, 7) is 3.31. The fourth-order valence-corrected chi connectivity index (χ4v) is 2.87. The van der Waals surface area contributed by atoms with Crippen molar-refractivity contribution < 1.29 is 9.53 Å². The SMILES string of the molecule is CN(C(=O)c1ccc2c(c1)COC2)C1CCNCC1.Cl. The number of carbonyl (C=O) groups excluding carboxylic acids is 1. The smallest absolute Gasteiger partial charge is 0.253 e. The van der Waals surface area contributed by atoms with Crippen LogP contribution in [0.3, 0.4) is 0 Å². The van der Waals surface area contributed by atoms with Crippen LogP contribution >= 0.6 is 12.4 Å². The van der Waals surface area contributed by atoms with Crippen LogP contribution < -0.4 is 5.32 Å². The largest absolute Gasteiger partial charge is 0.372 e. The normalized spacial score (nSPS) is 18.2. The second kappa shape index (κ2) is 6.57. The zero-order chi connectivity index (χ0) is 13.2. The topological polar surface area (TPSA) is 41.6 Å². The average molecular weight is 297 g/mol. The lowest BCUT2D eigenvalue weighted by Gasteiger charge is -2.31. The molecule has 0 aliphatic carbocycles. The summed E-state index contributed by atoms with van der Waals surface area (Å²) >= 11 is 0. The average Bonchev–Trinajstić information content (AvgIpc) is 2.94. The van der Waals surface area contributed by atoms with Crippen LogP contribution in [-0.2, 0) is 18.0 Å². The van der Waals surface area contributed by atoms with E-state index in [1.807, 2.05) is 30.1 Å². The van der Waals surface area contributed by atoms with E-state index in [1.54, 1.807) is 0 Å². The minimum absolute atomic E-state index is 0. The molecule has 1 N–H and O–H groups in total. The zero-order valence-corrected chi connectivity index (χ0v) is 12.5. The maximum absolute atomic E-state index is 12.5. The second-order valence-electron chi connectivity index (χ2n) is 5.37. The highest BCUT2D eigenvalue weighted by Gasteiger charge is 2.23. The third-order valence-corrected chi connectivity index (χ3v) is 4.15. The summed E-state index contributed by atoms with van der Waals surface area (Å²) in [5.41, 5.74) is 3.15. The van der Waals surface area contributed by atoms with Gasteiger partial charge in [0, 0.05) is 18.7 Å². The molecule has 0 radical (unpaired) electrons.